The van der Waals surface area contributed by atoms with Crippen molar-refractivity contribution in [3.63, 3.8) is 0 Å². The molecule has 0 aromatic carbocycles. The maximum absolute atomic E-state index is 6.36. The van der Waals surface area contributed by atoms with E-state index in [2.05, 4.69) is 26.5 Å². The van der Waals surface area contributed by atoms with Crippen molar-refractivity contribution in [1.29, 1.82) is 0 Å². The van der Waals surface area contributed by atoms with E-state index in [0.717, 1.165) is 25.7 Å². The first-order chi connectivity index (χ1) is 13.1. The van der Waals surface area contributed by atoms with E-state index >= 15 is 0 Å². The van der Waals surface area contributed by atoms with Crippen molar-refractivity contribution in [3.05, 3.63) is 12.3 Å². The highest BCUT2D eigenvalue weighted by atomic mass is 32.1. The third kappa shape index (κ3) is 9.21. The lowest BCUT2D eigenvalue weighted by molar-refractivity contribution is -0.441. The van der Waals surface area contributed by atoms with E-state index in [-0.39, 0.29) is 0 Å². The van der Waals surface area contributed by atoms with Gasteiger partial charge in [0.05, 0.1) is 6.26 Å². The molecule has 0 heterocycles. The predicted molar refractivity (Wildman–Crippen MR) is 117 cm³/mol. The topological polar surface area (TPSA) is 36.9 Å². The number of hydrogen-bond acceptors (Lipinski definition) is 5. The van der Waals surface area contributed by atoms with Gasteiger partial charge in [0.1, 0.15) is 0 Å². The summed E-state index contributed by atoms with van der Waals surface area (Å²) in [7, 11) is 0. The van der Waals surface area contributed by atoms with Gasteiger partial charge in [0.15, 0.2) is 5.60 Å². The summed E-state index contributed by atoms with van der Waals surface area (Å²) in [6, 6.07) is 0. The number of thiol groups is 1. The van der Waals surface area contributed by atoms with Gasteiger partial charge in [-0.25, -0.2) is 0 Å². The van der Waals surface area contributed by atoms with Crippen LogP contribution >= 0.6 is 12.6 Å². The molecule has 1 atom stereocenters. The predicted octanol–water partition coefficient (Wildman–Crippen LogP) is 6.50. The molecule has 0 N–H and O–H groups in total. The molecular weight excluding hydrogens is 360 g/mol. The van der Waals surface area contributed by atoms with Gasteiger partial charge in [-0.1, -0.05) is 52.4 Å². The highest BCUT2D eigenvalue weighted by Gasteiger charge is 2.56. The summed E-state index contributed by atoms with van der Waals surface area (Å²) in [6.45, 7) is 11.8. The van der Waals surface area contributed by atoms with Crippen molar-refractivity contribution >= 4 is 12.6 Å². The smallest absolute Gasteiger partial charge is 0.325 e. The molecular formula is C22H44O4S. The molecule has 0 aliphatic rings. The third-order valence-corrected chi connectivity index (χ3v) is 4.86. The quantitative estimate of drug-likeness (QED) is 0.115. The summed E-state index contributed by atoms with van der Waals surface area (Å²) in [4.78, 5) is 0. The van der Waals surface area contributed by atoms with Crippen LogP contribution in [0.4, 0.5) is 0 Å². The normalized spacial score (nSPS) is 14.6. The van der Waals surface area contributed by atoms with Gasteiger partial charge in [0, 0.05) is 25.6 Å². The highest BCUT2D eigenvalue weighted by Crippen LogP contribution is 2.41. The zero-order valence-corrected chi connectivity index (χ0v) is 19.3. The maximum atomic E-state index is 6.36. The van der Waals surface area contributed by atoms with Gasteiger partial charge >= 0.3 is 5.97 Å². The van der Waals surface area contributed by atoms with Crippen LogP contribution in [0.5, 0.6) is 0 Å². The minimum Gasteiger partial charge on any atom is -0.487 e. The molecule has 27 heavy (non-hydrogen) atoms. The number of ether oxygens (including phenoxy) is 4. The standard InChI is InChI=1S/C22H44O4S/c1-6-11-12-13-14-15-18-21(17-7-2,26-19-16-20-27)22(23-8-3,24-9-4)25-10-5/h16,19,27H,6-15,17-18,20H2,1-5H3. The van der Waals surface area contributed by atoms with E-state index in [1.165, 1.54) is 32.1 Å². The lowest BCUT2D eigenvalue weighted by Gasteiger charge is -2.47. The van der Waals surface area contributed by atoms with Crippen LogP contribution in [0.15, 0.2) is 12.3 Å². The van der Waals surface area contributed by atoms with E-state index in [1.807, 2.05) is 26.8 Å². The van der Waals surface area contributed by atoms with Crippen molar-refractivity contribution in [2.75, 3.05) is 25.6 Å². The van der Waals surface area contributed by atoms with E-state index in [4.69, 9.17) is 18.9 Å². The second kappa shape index (κ2) is 16.7. The average molecular weight is 405 g/mol. The summed E-state index contributed by atoms with van der Waals surface area (Å²) in [5, 5.41) is 0. The molecule has 0 spiro atoms. The summed E-state index contributed by atoms with van der Waals surface area (Å²) >= 11 is 4.26. The van der Waals surface area contributed by atoms with Crippen LogP contribution in [0.3, 0.4) is 0 Å². The first kappa shape index (κ1) is 26.8. The summed E-state index contributed by atoms with van der Waals surface area (Å²) in [5.74, 6) is -0.560. The maximum Gasteiger partial charge on any atom is 0.325 e. The summed E-state index contributed by atoms with van der Waals surface area (Å²) < 4.78 is 24.8. The van der Waals surface area contributed by atoms with Crippen molar-refractivity contribution in [1.82, 2.24) is 0 Å². The molecule has 162 valence electrons. The lowest BCUT2D eigenvalue weighted by Crippen LogP contribution is -2.60. The van der Waals surface area contributed by atoms with Crippen LogP contribution in [0, 0.1) is 0 Å². The molecule has 0 aromatic heterocycles. The second-order valence-electron chi connectivity index (χ2n) is 6.79. The van der Waals surface area contributed by atoms with Gasteiger partial charge in [-0.2, -0.15) is 12.6 Å². The Morgan fingerprint density at radius 2 is 1.26 bits per heavy atom. The Morgan fingerprint density at radius 1 is 0.704 bits per heavy atom. The van der Waals surface area contributed by atoms with Crippen LogP contribution < -0.4 is 0 Å². The van der Waals surface area contributed by atoms with Gasteiger partial charge in [-0.05, 0) is 46.1 Å². The monoisotopic (exact) mass is 404 g/mol. The Balaban J connectivity index is 5.57. The van der Waals surface area contributed by atoms with Gasteiger partial charge < -0.3 is 18.9 Å². The number of hydrogen-bond donors (Lipinski definition) is 1. The molecule has 0 amide bonds. The van der Waals surface area contributed by atoms with E-state index in [0.29, 0.717) is 25.6 Å². The SMILES string of the molecule is CCCCCCCCC(CCC)(OC=CCS)C(OCC)(OCC)OCC. The minimum atomic E-state index is -1.19. The van der Waals surface area contributed by atoms with Crippen LogP contribution in [0.2, 0.25) is 0 Å². The van der Waals surface area contributed by atoms with Crippen LogP contribution in [-0.2, 0) is 18.9 Å². The molecule has 0 fully saturated rings. The van der Waals surface area contributed by atoms with Crippen LogP contribution in [0.1, 0.15) is 92.4 Å². The molecule has 0 aliphatic carbocycles. The molecule has 1 unspecified atom stereocenters. The Kier molecular flexibility index (Phi) is 16.6. The zero-order valence-electron chi connectivity index (χ0n) is 18.4. The fourth-order valence-corrected chi connectivity index (χ4v) is 3.61. The molecule has 0 radical (unpaired) electrons. The molecule has 5 heteroatoms. The average Bonchev–Trinajstić information content (AvgIpc) is 2.65. The Morgan fingerprint density at radius 3 is 1.74 bits per heavy atom. The summed E-state index contributed by atoms with van der Waals surface area (Å²) in [5.41, 5.74) is -0.673. The van der Waals surface area contributed by atoms with Crippen molar-refractivity contribution in [2.24, 2.45) is 0 Å². The zero-order chi connectivity index (χ0) is 20.4. The largest absolute Gasteiger partial charge is 0.487 e. The number of unbranched alkanes of at least 4 members (excludes halogenated alkanes) is 5. The number of rotatable bonds is 19. The third-order valence-electron chi connectivity index (χ3n) is 4.64. The fourth-order valence-electron chi connectivity index (χ4n) is 3.53. The van der Waals surface area contributed by atoms with E-state index < -0.39 is 11.6 Å². The van der Waals surface area contributed by atoms with Crippen molar-refractivity contribution in [3.8, 4) is 0 Å². The van der Waals surface area contributed by atoms with Crippen LogP contribution in [-0.4, -0.2) is 37.1 Å². The Labute approximate surface area is 173 Å². The highest BCUT2D eigenvalue weighted by molar-refractivity contribution is 7.80. The molecule has 0 bridgehead atoms. The first-order valence-electron chi connectivity index (χ1n) is 11.0. The minimum absolute atomic E-state index is 0.502. The second-order valence-corrected chi connectivity index (χ2v) is 7.15. The molecule has 0 aromatic rings. The van der Waals surface area contributed by atoms with Gasteiger partial charge in [0.25, 0.3) is 0 Å². The van der Waals surface area contributed by atoms with Gasteiger partial charge in [-0.3, -0.25) is 0 Å². The van der Waals surface area contributed by atoms with Crippen molar-refractivity contribution < 1.29 is 18.9 Å². The van der Waals surface area contributed by atoms with Crippen LogP contribution in [0.25, 0.3) is 0 Å². The Bertz CT molecular complexity index is 345. The summed E-state index contributed by atoms with van der Waals surface area (Å²) in [6.07, 6.45) is 13.6. The molecule has 0 saturated heterocycles. The Hall–Kier alpha value is -0.230. The first-order valence-corrected chi connectivity index (χ1v) is 11.6. The van der Waals surface area contributed by atoms with E-state index in [1.54, 1.807) is 6.26 Å². The molecule has 0 rings (SSSR count). The van der Waals surface area contributed by atoms with Crippen molar-refractivity contribution in [2.45, 2.75) is 104 Å². The van der Waals surface area contributed by atoms with Gasteiger partial charge in [0.2, 0.25) is 0 Å². The van der Waals surface area contributed by atoms with Gasteiger partial charge in [-0.15, -0.1) is 0 Å². The van der Waals surface area contributed by atoms with E-state index in [9.17, 15) is 0 Å². The fraction of sp³-hybridized carbons (Fsp3) is 0.909. The molecule has 0 saturated carbocycles. The molecule has 4 nitrogen and oxygen atoms in total. The molecule has 0 aliphatic heterocycles. The lowest BCUT2D eigenvalue weighted by atomic mass is 9.87.